The van der Waals surface area contributed by atoms with Crippen molar-refractivity contribution >= 4 is 24.8 Å². The van der Waals surface area contributed by atoms with Crippen molar-refractivity contribution in [3.8, 4) is 0 Å². The molecule has 19 heavy (non-hydrogen) atoms. The van der Waals surface area contributed by atoms with E-state index in [0.717, 1.165) is 16.5 Å². The van der Waals surface area contributed by atoms with Crippen LogP contribution in [0.15, 0.2) is 23.2 Å². The standard InChI is InChI=1S/C14H16BClNO2/c1-13(2)14(3,4)19-15(18-13)12-7-9-5-6-10(16)8-11(9)17-12/h5-8H,1-4H3. The number of benzene rings is 1. The van der Waals surface area contributed by atoms with Gasteiger partial charge in [0.2, 0.25) is 0 Å². The minimum Gasteiger partial charge on any atom is -0.401 e. The van der Waals surface area contributed by atoms with Gasteiger partial charge in [-0.2, -0.15) is 0 Å². The van der Waals surface area contributed by atoms with E-state index in [9.17, 15) is 0 Å². The van der Waals surface area contributed by atoms with Crippen molar-refractivity contribution in [2.75, 3.05) is 0 Å². The number of hydrogen-bond acceptors (Lipinski definition) is 3. The Balaban J connectivity index is 1.92. The minimum atomic E-state index is -0.420. The highest BCUT2D eigenvalue weighted by Crippen LogP contribution is 2.39. The summed E-state index contributed by atoms with van der Waals surface area (Å²) in [6, 6.07) is 5.67. The van der Waals surface area contributed by atoms with Gasteiger partial charge in [0, 0.05) is 5.02 Å². The molecule has 2 heterocycles. The lowest BCUT2D eigenvalue weighted by Gasteiger charge is -2.32. The molecule has 3 rings (SSSR count). The van der Waals surface area contributed by atoms with E-state index in [1.165, 1.54) is 0 Å². The molecule has 1 aromatic rings. The van der Waals surface area contributed by atoms with Gasteiger partial charge in [-0.05, 0) is 51.1 Å². The molecule has 5 heteroatoms. The lowest BCUT2D eigenvalue weighted by atomic mass is 9.79. The number of fused-ring (bicyclic) bond motifs is 1. The molecule has 0 atom stereocenters. The van der Waals surface area contributed by atoms with Crippen LogP contribution in [0.5, 0.6) is 0 Å². The first-order valence-corrected chi connectivity index (χ1v) is 6.75. The fourth-order valence-corrected chi connectivity index (χ4v) is 2.32. The summed E-state index contributed by atoms with van der Waals surface area (Å²) in [6.45, 7) is 8.14. The molecule has 1 aromatic carbocycles. The lowest BCUT2D eigenvalue weighted by molar-refractivity contribution is 0.00578. The Bertz CT molecular complexity index is 625. The topological polar surface area (TPSA) is 30.8 Å². The van der Waals surface area contributed by atoms with Crippen LogP contribution >= 0.6 is 11.6 Å². The van der Waals surface area contributed by atoms with Crippen LogP contribution < -0.4 is 10.6 Å². The summed E-state index contributed by atoms with van der Waals surface area (Å²) >= 11 is 5.98. The fourth-order valence-electron chi connectivity index (χ4n) is 2.15. The maximum atomic E-state index is 5.99. The second-order valence-electron chi connectivity index (χ2n) is 5.97. The second-order valence-corrected chi connectivity index (χ2v) is 6.41. The molecule has 0 aromatic heterocycles. The Morgan fingerprint density at radius 2 is 1.74 bits per heavy atom. The molecule has 2 aliphatic rings. The second kappa shape index (κ2) is 4.08. The maximum absolute atomic E-state index is 5.99. The third-order valence-electron chi connectivity index (χ3n) is 4.04. The highest BCUT2D eigenvalue weighted by Gasteiger charge is 2.54. The van der Waals surface area contributed by atoms with Crippen molar-refractivity contribution < 1.29 is 9.31 Å². The molecule has 0 amide bonds. The first-order valence-electron chi connectivity index (χ1n) is 6.37. The Morgan fingerprint density at radius 1 is 1.11 bits per heavy atom. The van der Waals surface area contributed by atoms with Gasteiger partial charge >= 0.3 is 7.12 Å². The van der Waals surface area contributed by atoms with Crippen LogP contribution in [0.3, 0.4) is 0 Å². The Labute approximate surface area is 118 Å². The van der Waals surface area contributed by atoms with Crippen LogP contribution in [0, 0.1) is 5.94 Å². The SMILES string of the molecule is CC1(C)OB([C]2C=c3ccc(Cl)cc3=N2)OC1(C)C. The van der Waals surface area contributed by atoms with Gasteiger partial charge in [-0.3, -0.25) is 4.99 Å². The zero-order chi connectivity index (χ0) is 13.8. The smallest absolute Gasteiger partial charge is 0.401 e. The molecular formula is C14H16BClNO2. The molecule has 3 nitrogen and oxygen atoms in total. The minimum absolute atomic E-state index is 0.347. The molecule has 2 aliphatic heterocycles. The van der Waals surface area contributed by atoms with E-state index in [2.05, 4.69) is 4.99 Å². The summed E-state index contributed by atoms with van der Waals surface area (Å²) in [6.07, 6.45) is 1.99. The molecular weight excluding hydrogens is 260 g/mol. The highest BCUT2D eigenvalue weighted by atomic mass is 35.5. The van der Waals surface area contributed by atoms with E-state index in [4.69, 9.17) is 20.9 Å². The highest BCUT2D eigenvalue weighted by molar-refractivity contribution is 6.55. The van der Waals surface area contributed by atoms with Gasteiger partial charge in [-0.25, -0.2) is 0 Å². The van der Waals surface area contributed by atoms with Crippen molar-refractivity contribution in [2.45, 2.75) is 38.9 Å². The Hall–Kier alpha value is -0.835. The average molecular weight is 277 g/mol. The predicted molar refractivity (Wildman–Crippen MR) is 76.0 cm³/mol. The molecule has 1 radical (unpaired) electrons. The largest absolute Gasteiger partial charge is 0.494 e. The lowest BCUT2D eigenvalue weighted by Crippen LogP contribution is -2.41. The summed E-state index contributed by atoms with van der Waals surface area (Å²) in [7, 11) is -0.420. The summed E-state index contributed by atoms with van der Waals surface area (Å²) in [5, 5.41) is 2.61. The third-order valence-corrected chi connectivity index (χ3v) is 4.28. The van der Waals surface area contributed by atoms with E-state index in [-0.39, 0.29) is 11.2 Å². The summed E-state index contributed by atoms with van der Waals surface area (Å²) in [5.41, 5.74) is -0.694. The number of hydrogen-bond donors (Lipinski definition) is 0. The average Bonchev–Trinajstić information content (AvgIpc) is 2.78. The Kier molecular flexibility index (Phi) is 2.82. The van der Waals surface area contributed by atoms with Crippen LogP contribution in [0.25, 0.3) is 6.08 Å². The van der Waals surface area contributed by atoms with E-state index >= 15 is 0 Å². The molecule has 0 spiro atoms. The van der Waals surface area contributed by atoms with Crippen LogP contribution in [0.1, 0.15) is 27.7 Å². The van der Waals surface area contributed by atoms with Crippen molar-refractivity contribution in [3.05, 3.63) is 39.7 Å². The van der Waals surface area contributed by atoms with Crippen LogP contribution in [-0.2, 0) is 9.31 Å². The van der Waals surface area contributed by atoms with Crippen molar-refractivity contribution in [1.29, 1.82) is 0 Å². The molecule has 0 aliphatic carbocycles. The van der Waals surface area contributed by atoms with Crippen molar-refractivity contribution in [2.24, 2.45) is 4.99 Å². The van der Waals surface area contributed by atoms with Gasteiger partial charge in [0.05, 0.1) is 16.6 Å². The summed E-state index contributed by atoms with van der Waals surface area (Å²) < 4.78 is 12.0. The van der Waals surface area contributed by atoms with Gasteiger partial charge in [0.1, 0.15) is 5.94 Å². The number of nitrogens with zero attached hydrogens (tertiary/aromatic N) is 1. The van der Waals surface area contributed by atoms with Gasteiger partial charge in [0.15, 0.2) is 0 Å². The number of halogens is 1. The third kappa shape index (κ3) is 2.12. The molecule has 1 saturated heterocycles. The first-order chi connectivity index (χ1) is 8.78. The van der Waals surface area contributed by atoms with Gasteiger partial charge in [0.25, 0.3) is 0 Å². The molecule has 0 unspecified atom stereocenters. The van der Waals surface area contributed by atoms with Crippen LogP contribution in [-0.4, -0.2) is 18.3 Å². The van der Waals surface area contributed by atoms with E-state index in [0.29, 0.717) is 5.02 Å². The normalized spacial score (nSPS) is 23.9. The summed E-state index contributed by atoms with van der Waals surface area (Å²) in [5.74, 6) is 0.802. The van der Waals surface area contributed by atoms with Crippen LogP contribution in [0.4, 0.5) is 0 Å². The predicted octanol–water partition coefficient (Wildman–Crippen LogP) is 1.92. The molecule has 0 saturated carbocycles. The van der Waals surface area contributed by atoms with Gasteiger partial charge in [-0.1, -0.05) is 17.7 Å². The van der Waals surface area contributed by atoms with E-state index in [1.807, 2.05) is 52.0 Å². The number of rotatable bonds is 1. The monoisotopic (exact) mass is 276 g/mol. The Morgan fingerprint density at radius 3 is 2.37 bits per heavy atom. The van der Waals surface area contributed by atoms with Crippen molar-refractivity contribution in [3.63, 3.8) is 0 Å². The quantitative estimate of drug-likeness (QED) is 0.734. The molecule has 0 bridgehead atoms. The zero-order valence-electron chi connectivity index (χ0n) is 11.5. The van der Waals surface area contributed by atoms with Gasteiger partial charge < -0.3 is 9.31 Å². The van der Waals surface area contributed by atoms with E-state index < -0.39 is 7.12 Å². The van der Waals surface area contributed by atoms with Crippen molar-refractivity contribution in [1.82, 2.24) is 0 Å². The molecule has 99 valence electrons. The molecule has 0 N–H and O–H groups in total. The maximum Gasteiger partial charge on any atom is 0.494 e. The first kappa shape index (κ1) is 13.2. The summed E-state index contributed by atoms with van der Waals surface area (Å²) in [4.78, 5) is 4.55. The fraction of sp³-hybridized carbons (Fsp3) is 0.429. The van der Waals surface area contributed by atoms with Gasteiger partial charge in [-0.15, -0.1) is 0 Å². The zero-order valence-corrected chi connectivity index (χ0v) is 12.3. The van der Waals surface area contributed by atoms with E-state index in [1.54, 1.807) is 0 Å². The van der Waals surface area contributed by atoms with Crippen LogP contribution in [0.2, 0.25) is 5.02 Å². The molecule has 1 fully saturated rings.